The highest BCUT2D eigenvalue weighted by Gasteiger charge is 2.32. The van der Waals surface area contributed by atoms with E-state index < -0.39 is 12.8 Å². The normalized spacial score (nSPS) is 23.3. The first kappa shape index (κ1) is 21.6. The van der Waals surface area contributed by atoms with E-state index in [1.54, 1.807) is 6.07 Å². The lowest BCUT2D eigenvalue weighted by molar-refractivity contribution is -0.154. The molecule has 2 aliphatic heterocycles. The average molecular weight is 416 g/mol. The maximum atomic E-state index is 12.2. The number of morpholine rings is 1. The number of nitrogens with one attached hydrogen (secondary N) is 1. The minimum Gasteiger partial charge on any atom is -0.468 e. The van der Waals surface area contributed by atoms with Crippen molar-refractivity contribution in [1.29, 1.82) is 0 Å². The number of pyridine rings is 1. The molecule has 2 unspecified atom stereocenters. The first-order valence-corrected chi connectivity index (χ1v) is 9.85. The predicted octanol–water partition coefficient (Wildman–Crippen LogP) is 2.37. The summed E-state index contributed by atoms with van der Waals surface area (Å²) in [4.78, 5) is 10.7. The highest BCUT2D eigenvalue weighted by atomic mass is 19.4. The fourth-order valence-electron chi connectivity index (χ4n) is 3.33. The molecule has 1 aromatic rings. The second kappa shape index (κ2) is 10.1. The van der Waals surface area contributed by atoms with Crippen molar-refractivity contribution in [2.24, 2.45) is 4.99 Å². The molecule has 7 nitrogen and oxygen atoms in total. The minimum absolute atomic E-state index is 0.0295. The van der Waals surface area contributed by atoms with E-state index in [-0.39, 0.29) is 18.1 Å². The van der Waals surface area contributed by atoms with Crippen molar-refractivity contribution in [3.05, 3.63) is 23.9 Å². The number of aliphatic imine (C=N–C) groups is 1. The Morgan fingerprint density at radius 3 is 2.79 bits per heavy atom. The first-order chi connectivity index (χ1) is 13.9. The average Bonchev–Trinajstić information content (AvgIpc) is 3.25. The first-order valence-electron chi connectivity index (χ1n) is 9.85. The molecule has 2 fully saturated rings. The number of nitrogens with zero attached hydrogens (tertiary/aromatic N) is 3. The molecule has 3 heterocycles. The number of hydrogen-bond acceptors (Lipinski definition) is 5. The largest absolute Gasteiger partial charge is 0.468 e. The fourth-order valence-corrected chi connectivity index (χ4v) is 3.33. The van der Waals surface area contributed by atoms with Gasteiger partial charge < -0.3 is 24.4 Å². The summed E-state index contributed by atoms with van der Waals surface area (Å²) in [5, 5.41) is 3.29. The smallest absolute Gasteiger partial charge is 0.422 e. The van der Waals surface area contributed by atoms with E-state index in [2.05, 4.69) is 24.9 Å². The van der Waals surface area contributed by atoms with Gasteiger partial charge in [-0.05, 0) is 25.3 Å². The zero-order valence-corrected chi connectivity index (χ0v) is 16.5. The van der Waals surface area contributed by atoms with Gasteiger partial charge in [-0.25, -0.2) is 9.98 Å². The molecule has 0 amide bonds. The Morgan fingerprint density at radius 1 is 1.31 bits per heavy atom. The van der Waals surface area contributed by atoms with Gasteiger partial charge in [0, 0.05) is 38.5 Å². The number of aromatic nitrogens is 1. The molecule has 2 atom stereocenters. The van der Waals surface area contributed by atoms with Gasteiger partial charge in [-0.1, -0.05) is 6.07 Å². The van der Waals surface area contributed by atoms with Crippen molar-refractivity contribution >= 4 is 5.96 Å². The fraction of sp³-hybridized carbons (Fsp3) is 0.684. The van der Waals surface area contributed by atoms with E-state index in [0.29, 0.717) is 19.7 Å². The van der Waals surface area contributed by atoms with Gasteiger partial charge in [-0.2, -0.15) is 13.2 Å². The quantitative estimate of drug-likeness (QED) is 0.567. The maximum Gasteiger partial charge on any atom is 0.422 e. The number of rotatable bonds is 6. The Hall–Kier alpha value is -2.07. The summed E-state index contributed by atoms with van der Waals surface area (Å²) >= 11 is 0. The summed E-state index contributed by atoms with van der Waals surface area (Å²) in [5.41, 5.74) is 0.781. The lowest BCUT2D eigenvalue weighted by Crippen LogP contribution is -2.53. The van der Waals surface area contributed by atoms with Crippen LogP contribution in [0.15, 0.2) is 23.3 Å². The predicted molar refractivity (Wildman–Crippen MR) is 101 cm³/mol. The Labute approximate surface area is 168 Å². The molecule has 3 rings (SSSR count). The molecule has 0 aromatic carbocycles. The standard InChI is InChI=1S/C19H27F3N4O3/c1-2-23-18(26-7-9-28-16(12-26)15-4-3-8-27-15)25-11-14-5-6-17(24-10-14)29-13-19(20,21)22/h5-6,10,15-16H,2-4,7-9,11-13H2,1H3,(H,23,25). The number of hydrogen-bond donors (Lipinski definition) is 1. The topological polar surface area (TPSA) is 68.2 Å². The number of alkyl halides is 3. The van der Waals surface area contributed by atoms with Crippen LogP contribution in [0.2, 0.25) is 0 Å². The van der Waals surface area contributed by atoms with Gasteiger partial charge >= 0.3 is 6.18 Å². The SMILES string of the molecule is CCNC(=NCc1ccc(OCC(F)(F)F)nc1)N1CCOC(C2CCCO2)C1. The van der Waals surface area contributed by atoms with Crippen LogP contribution in [0.4, 0.5) is 13.2 Å². The van der Waals surface area contributed by atoms with Gasteiger partial charge in [-0.15, -0.1) is 0 Å². The lowest BCUT2D eigenvalue weighted by Gasteiger charge is -2.37. The Morgan fingerprint density at radius 2 is 2.14 bits per heavy atom. The number of halogens is 3. The Balaban J connectivity index is 1.58. The van der Waals surface area contributed by atoms with Crippen LogP contribution in [-0.4, -0.2) is 73.7 Å². The van der Waals surface area contributed by atoms with Gasteiger partial charge in [0.2, 0.25) is 5.88 Å². The number of guanidine groups is 1. The van der Waals surface area contributed by atoms with E-state index in [0.717, 1.165) is 44.1 Å². The molecular formula is C19H27F3N4O3. The van der Waals surface area contributed by atoms with Crippen LogP contribution in [-0.2, 0) is 16.0 Å². The zero-order chi connectivity index (χ0) is 20.7. The molecule has 0 bridgehead atoms. The molecule has 162 valence electrons. The molecule has 29 heavy (non-hydrogen) atoms. The van der Waals surface area contributed by atoms with E-state index >= 15 is 0 Å². The van der Waals surface area contributed by atoms with E-state index in [1.165, 1.54) is 12.3 Å². The lowest BCUT2D eigenvalue weighted by atomic mass is 10.1. The highest BCUT2D eigenvalue weighted by molar-refractivity contribution is 5.80. The van der Waals surface area contributed by atoms with Crippen LogP contribution in [0.1, 0.15) is 25.3 Å². The van der Waals surface area contributed by atoms with Gasteiger partial charge in [0.1, 0.15) is 6.10 Å². The molecule has 1 N–H and O–H groups in total. The van der Waals surface area contributed by atoms with Crippen LogP contribution in [0.3, 0.4) is 0 Å². The van der Waals surface area contributed by atoms with Crippen molar-refractivity contribution in [2.45, 2.75) is 44.7 Å². The third kappa shape index (κ3) is 6.74. The molecule has 2 aliphatic rings. The third-order valence-corrected chi connectivity index (χ3v) is 4.70. The monoisotopic (exact) mass is 416 g/mol. The molecular weight excluding hydrogens is 389 g/mol. The number of ether oxygens (including phenoxy) is 3. The highest BCUT2D eigenvalue weighted by Crippen LogP contribution is 2.21. The van der Waals surface area contributed by atoms with Gasteiger partial charge in [-0.3, -0.25) is 0 Å². The van der Waals surface area contributed by atoms with Crippen LogP contribution in [0, 0.1) is 0 Å². The van der Waals surface area contributed by atoms with Crippen LogP contribution in [0.5, 0.6) is 5.88 Å². The second-order valence-corrected chi connectivity index (χ2v) is 6.99. The van der Waals surface area contributed by atoms with Crippen molar-refractivity contribution in [1.82, 2.24) is 15.2 Å². The minimum atomic E-state index is -4.38. The van der Waals surface area contributed by atoms with Crippen molar-refractivity contribution in [2.75, 3.05) is 39.5 Å². The van der Waals surface area contributed by atoms with Crippen LogP contribution >= 0.6 is 0 Å². The third-order valence-electron chi connectivity index (χ3n) is 4.70. The van der Waals surface area contributed by atoms with Crippen LogP contribution in [0.25, 0.3) is 0 Å². The molecule has 1 aromatic heterocycles. The summed E-state index contributed by atoms with van der Waals surface area (Å²) in [5.74, 6) is 0.714. The van der Waals surface area contributed by atoms with E-state index in [9.17, 15) is 13.2 Å². The summed E-state index contributed by atoms with van der Waals surface area (Å²) in [6.45, 7) is 4.57. The zero-order valence-electron chi connectivity index (χ0n) is 16.5. The van der Waals surface area contributed by atoms with Crippen LogP contribution < -0.4 is 10.1 Å². The Bertz CT molecular complexity index is 664. The molecule has 0 aliphatic carbocycles. The van der Waals surface area contributed by atoms with E-state index in [1.807, 2.05) is 6.92 Å². The summed E-state index contributed by atoms with van der Waals surface area (Å²) in [6.07, 6.45) is -0.663. The van der Waals surface area contributed by atoms with E-state index in [4.69, 9.17) is 9.47 Å². The summed E-state index contributed by atoms with van der Waals surface area (Å²) in [7, 11) is 0. The van der Waals surface area contributed by atoms with Gasteiger partial charge in [0.15, 0.2) is 12.6 Å². The summed E-state index contributed by atoms with van der Waals surface area (Å²) < 4.78 is 52.9. The molecule has 0 spiro atoms. The molecule has 10 heteroatoms. The van der Waals surface area contributed by atoms with Crippen molar-refractivity contribution in [3.8, 4) is 5.88 Å². The molecule has 0 saturated carbocycles. The van der Waals surface area contributed by atoms with Gasteiger partial charge in [0.25, 0.3) is 0 Å². The maximum absolute atomic E-state index is 12.2. The molecule has 0 radical (unpaired) electrons. The second-order valence-electron chi connectivity index (χ2n) is 6.99. The molecule has 2 saturated heterocycles. The van der Waals surface area contributed by atoms with Crippen molar-refractivity contribution < 1.29 is 27.4 Å². The van der Waals surface area contributed by atoms with Gasteiger partial charge in [0.05, 0.1) is 19.3 Å². The Kier molecular flexibility index (Phi) is 7.54. The summed E-state index contributed by atoms with van der Waals surface area (Å²) in [6, 6.07) is 3.09. The van der Waals surface area contributed by atoms with Crippen molar-refractivity contribution in [3.63, 3.8) is 0 Å².